The average Bonchev–Trinajstić information content (AvgIpc) is 3.60. The molecule has 1 amide bonds. The highest BCUT2D eigenvalue weighted by Gasteiger charge is 2.47. The smallest absolute Gasteiger partial charge is 0.306 e. The van der Waals surface area contributed by atoms with Gasteiger partial charge in [-0.3, -0.25) is 9.59 Å². The third-order valence-corrected chi connectivity index (χ3v) is 15.7. The molecule has 1 aliphatic rings. The van der Waals surface area contributed by atoms with Gasteiger partial charge >= 0.3 is 5.97 Å². The van der Waals surface area contributed by atoms with Gasteiger partial charge in [0.2, 0.25) is 5.91 Å². The number of carbonyl (C=O) groups excluding carboxylic acids is 2. The van der Waals surface area contributed by atoms with Crippen LogP contribution in [0, 0.1) is 0 Å². The predicted octanol–water partition coefficient (Wildman–Crippen LogP) is 17.6. The normalized spacial score (nSPS) is 19.1. The van der Waals surface area contributed by atoms with Crippen molar-refractivity contribution in [3.8, 4) is 0 Å². The Hall–Kier alpha value is -3.68. The highest BCUT2D eigenvalue weighted by molar-refractivity contribution is 5.80. The van der Waals surface area contributed by atoms with Crippen molar-refractivity contribution >= 4 is 11.9 Å². The molecule has 8 atom stereocenters. The maximum atomic E-state index is 13.4. The summed E-state index contributed by atoms with van der Waals surface area (Å²) in [6.07, 6.45) is 72.8. The number of aliphatic hydroxyl groups excluding tert-OH is 5. The highest BCUT2D eigenvalue weighted by Crippen LogP contribution is 2.26. The molecule has 11 nitrogen and oxygen atoms in total. The zero-order chi connectivity index (χ0) is 61.7. The quantitative estimate of drug-likeness (QED) is 0.0195. The minimum atomic E-state index is -1.63. The Morgan fingerprint density at radius 3 is 1.29 bits per heavy atom. The lowest BCUT2D eigenvalue weighted by atomic mass is 9.99. The molecule has 1 fully saturated rings. The average molecular weight is 1190 g/mol. The van der Waals surface area contributed by atoms with Gasteiger partial charge in [-0.1, -0.05) is 278 Å². The lowest BCUT2D eigenvalue weighted by Crippen LogP contribution is -2.61. The molecule has 488 valence electrons. The number of esters is 1. The summed E-state index contributed by atoms with van der Waals surface area (Å²) in [6, 6.07) is -1.05. The zero-order valence-corrected chi connectivity index (χ0v) is 54.2. The van der Waals surface area contributed by atoms with Crippen molar-refractivity contribution < 1.29 is 49.3 Å². The van der Waals surface area contributed by atoms with Crippen LogP contribution in [0.4, 0.5) is 0 Å². The Bertz CT molecular complexity index is 1800. The first-order valence-electron chi connectivity index (χ1n) is 34.7. The summed E-state index contributed by atoms with van der Waals surface area (Å²) in [5, 5.41) is 57.1. The number of carbonyl (C=O) groups is 2. The van der Waals surface area contributed by atoms with E-state index in [0.717, 1.165) is 89.9 Å². The molecule has 11 heteroatoms. The molecule has 1 saturated heterocycles. The molecule has 0 saturated carbocycles. The maximum absolute atomic E-state index is 13.4. The molecule has 85 heavy (non-hydrogen) atoms. The Morgan fingerprint density at radius 1 is 0.471 bits per heavy atom. The van der Waals surface area contributed by atoms with Crippen LogP contribution in [-0.2, 0) is 23.8 Å². The van der Waals surface area contributed by atoms with Gasteiger partial charge in [-0.2, -0.15) is 0 Å². The number of hydrogen-bond donors (Lipinski definition) is 6. The molecule has 0 aromatic rings. The summed E-state index contributed by atoms with van der Waals surface area (Å²) in [4.78, 5) is 26.6. The van der Waals surface area contributed by atoms with E-state index in [-0.39, 0.29) is 19.4 Å². The van der Waals surface area contributed by atoms with Gasteiger partial charge in [0.1, 0.15) is 24.4 Å². The van der Waals surface area contributed by atoms with E-state index in [1.807, 2.05) is 12.2 Å². The summed E-state index contributed by atoms with van der Waals surface area (Å²) in [5.74, 6) is -1.24. The molecule has 0 spiro atoms. The fourth-order valence-corrected chi connectivity index (χ4v) is 10.2. The zero-order valence-electron chi connectivity index (χ0n) is 54.2. The Morgan fingerprint density at radius 2 is 0.847 bits per heavy atom. The van der Waals surface area contributed by atoms with Crippen LogP contribution in [0.3, 0.4) is 0 Å². The maximum Gasteiger partial charge on any atom is 0.306 e. The summed E-state index contributed by atoms with van der Waals surface area (Å²) < 4.78 is 17.7. The number of allylic oxidation sites excluding steroid dienone is 17. The van der Waals surface area contributed by atoms with Crippen LogP contribution in [0.5, 0.6) is 0 Å². The van der Waals surface area contributed by atoms with Crippen molar-refractivity contribution in [3.63, 3.8) is 0 Å². The first-order chi connectivity index (χ1) is 41.7. The van der Waals surface area contributed by atoms with Crippen LogP contribution in [0.1, 0.15) is 284 Å². The van der Waals surface area contributed by atoms with E-state index in [2.05, 4.69) is 117 Å². The molecular formula is C74H127NO10. The van der Waals surface area contributed by atoms with E-state index in [1.165, 1.54) is 141 Å². The number of hydrogen-bond acceptors (Lipinski definition) is 10. The largest absolute Gasteiger partial charge is 0.454 e. The standard InChI is InChI=1S/C74H127NO10/c1-4-7-10-13-16-19-22-24-26-28-30-32-33-34-35-36-38-40-42-44-47-50-53-56-59-62-69(79)85-72-71(81)70(80)68(63-76)84-74(72)83-64-65(66(77)60-57-54-51-48-45-21-18-15-12-9-6-3)75-73(82)67(78)61-58-55-52-49-46-43-41-39-37-31-29-27-25-23-20-17-14-11-8-5-2/h8,11,16-17,19-20,24-27,31,37,41,43,49,52,57,60,65-68,70-72,74,76-78,80-81H,4-7,9-10,12-15,18,21-23,28-30,32-36,38-40,42,44-48,50-51,53-56,58-59,61-64H2,1-3H3,(H,75,82)/b11-8-,19-16-,20-17-,26-24-,27-25-,37-31-,43-41-,52-49-,60-57+. The lowest BCUT2D eigenvalue weighted by molar-refractivity contribution is -0.305. The van der Waals surface area contributed by atoms with E-state index < -0.39 is 67.4 Å². The number of amides is 1. The van der Waals surface area contributed by atoms with Crippen LogP contribution >= 0.6 is 0 Å². The van der Waals surface area contributed by atoms with E-state index in [0.29, 0.717) is 19.3 Å². The third-order valence-electron chi connectivity index (χ3n) is 15.7. The Labute approximate surface area is 519 Å². The molecule has 0 aliphatic carbocycles. The molecule has 0 radical (unpaired) electrons. The Kier molecular flexibility index (Phi) is 56.6. The van der Waals surface area contributed by atoms with Crippen LogP contribution in [0.15, 0.2) is 109 Å². The molecule has 1 aliphatic heterocycles. The number of unbranched alkanes of at least 4 members (excludes halogenated alkanes) is 28. The van der Waals surface area contributed by atoms with E-state index in [9.17, 15) is 35.1 Å². The van der Waals surface area contributed by atoms with Crippen LogP contribution in [-0.4, -0.2) is 99.6 Å². The summed E-state index contributed by atoms with van der Waals surface area (Å²) in [7, 11) is 0. The van der Waals surface area contributed by atoms with Gasteiger partial charge in [-0.05, 0) is 109 Å². The van der Waals surface area contributed by atoms with Gasteiger partial charge in [0.25, 0.3) is 0 Å². The van der Waals surface area contributed by atoms with E-state index >= 15 is 0 Å². The van der Waals surface area contributed by atoms with Crippen molar-refractivity contribution in [3.05, 3.63) is 109 Å². The molecule has 0 bridgehead atoms. The monoisotopic (exact) mass is 1190 g/mol. The van der Waals surface area contributed by atoms with Gasteiger partial charge in [-0.25, -0.2) is 0 Å². The summed E-state index contributed by atoms with van der Waals surface area (Å²) >= 11 is 0. The highest BCUT2D eigenvalue weighted by atomic mass is 16.7. The summed E-state index contributed by atoms with van der Waals surface area (Å²) in [5.41, 5.74) is 0. The van der Waals surface area contributed by atoms with Crippen molar-refractivity contribution in [2.75, 3.05) is 13.2 Å². The molecule has 0 aromatic heterocycles. The van der Waals surface area contributed by atoms with Gasteiger partial charge in [0.15, 0.2) is 12.4 Å². The van der Waals surface area contributed by atoms with Crippen molar-refractivity contribution in [2.45, 2.75) is 333 Å². The molecule has 6 N–H and O–H groups in total. The van der Waals surface area contributed by atoms with Crippen molar-refractivity contribution in [1.82, 2.24) is 5.32 Å². The van der Waals surface area contributed by atoms with Crippen molar-refractivity contribution in [1.29, 1.82) is 0 Å². The van der Waals surface area contributed by atoms with Gasteiger partial charge in [0, 0.05) is 6.42 Å². The second kappa shape index (κ2) is 60.6. The molecule has 8 unspecified atom stereocenters. The molecular weight excluding hydrogens is 1060 g/mol. The molecule has 1 heterocycles. The molecule has 0 aromatic carbocycles. The van der Waals surface area contributed by atoms with E-state index in [1.54, 1.807) is 6.08 Å². The molecule has 1 rings (SSSR count). The van der Waals surface area contributed by atoms with Gasteiger partial charge < -0.3 is 45.1 Å². The third kappa shape index (κ3) is 48.0. The number of ether oxygens (including phenoxy) is 3. The lowest BCUT2D eigenvalue weighted by Gasteiger charge is -2.41. The summed E-state index contributed by atoms with van der Waals surface area (Å²) in [6.45, 7) is 5.63. The van der Waals surface area contributed by atoms with Crippen molar-refractivity contribution in [2.24, 2.45) is 0 Å². The predicted molar refractivity (Wildman–Crippen MR) is 356 cm³/mol. The first kappa shape index (κ1) is 79.3. The first-order valence-corrected chi connectivity index (χ1v) is 34.7. The van der Waals surface area contributed by atoms with Gasteiger partial charge in [0.05, 0.1) is 25.4 Å². The Balaban J connectivity index is 2.60. The van der Waals surface area contributed by atoms with Crippen LogP contribution in [0.2, 0.25) is 0 Å². The van der Waals surface area contributed by atoms with E-state index in [4.69, 9.17) is 14.2 Å². The fraction of sp³-hybridized carbons (Fsp3) is 0.730. The second-order valence-corrected chi connectivity index (χ2v) is 23.5. The van der Waals surface area contributed by atoms with Crippen LogP contribution < -0.4 is 5.32 Å². The minimum Gasteiger partial charge on any atom is -0.454 e. The van der Waals surface area contributed by atoms with Crippen LogP contribution in [0.25, 0.3) is 0 Å². The minimum absolute atomic E-state index is 0.114. The van der Waals surface area contributed by atoms with Gasteiger partial charge in [-0.15, -0.1) is 0 Å². The number of aliphatic hydroxyl groups is 5. The fourth-order valence-electron chi connectivity index (χ4n) is 10.2. The topological polar surface area (TPSA) is 175 Å². The second-order valence-electron chi connectivity index (χ2n) is 23.5. The number of rotatable bonds is 58. The SMILES string of the molecule is CC/C=C\C/C=C\C/C=C\C/C=C\C/C=C\C/C=C\CCCC(O)C(=O)NC(COC1OC(CO)C(O)C(O)C1OC(=O)CCCCCCCCCCCCCCCCC/C=C\C/C=C\CCCCC)C(O)/C=C/CCCCCCCCCCC. The number of nitrogens with one attached hydrogen (secondary N) is 1.